The minimum atomic E-state index is -5.42. The van der Waals surface area contributed by atoms with E-state index in [4.69, 9.17) is 5.73 Å². The molecule has 0 saturated carbocycles. The van der Waals surface area contributed by atoms with E-state index in [2.05, 4.69) is 10.1 Å². The van der Waals surface area contributed by atoms with E-state index in [1.165, 1.54) is 11.9 Å². The number of fused-ring (bicyclic) bond motifs is 1. The van der Waals surface area contributed by atoms with Gasteiger partial charge in [0.15, 0.2) is 0 Å². The first-order valence-corrected chi connectivity index (χ1v) is 14.0. The van der Waals surface area contributed by atoms with Gasteiger partial charge in [-0.2, -0.15) is 13.2 Å². The van der Waals surface area contributed by atoms with Crippen LogP contribution in [0.1, 0.15) is 52.0 Å². The number of halogens is 3. The number of nitrogens with zero attached hydrogens (tertiary/aromatic N) is 2. The maximum atomic E-state index is 14.6. The number of benzene rings is 3. The molecule has 1 aliphatic rings. The number of nitrogens with one attached hydrogen (secondary N) is 1. The normalized spacial score (nSPS) is 15.6. The predicted molar refractivity (Wildman–Crippen MR) is 157 cm³/mol. The van der Waals surface area contributed by atoms with Crippen molar-refractivity contribution in [3.8, 4) is 0 Å². The third-order valence-electron chi connectivity index (χ3n) is 7.27. The molecule has 2 unspecified atom stereocenters. The first kappa shape index (κ1) is 32.9. The van der Waals surface area contributed by atoms with Crippen LogP contribution in [0, 0.1) is 0 Å². The predicted octanol–water partition coefficient (Wildman–Crippen LogP) is 3.62. The van der Waals surface area contributed by atoms with Crippen molar-refractivity contribution in [1.82, 2.24) is 10.2 Å². The number of aryl methyl sites for hydroxylation is 1. The number of alkyl halides is 3. The summed E-state index contributed by atoms with van der Waals surface area (Å²) in [6, 6.07) is 18.4. The highest BCUT2D eigenvalue weighted by Gasteiger charge is 2.46. The fraction of sp³-hybridized carbons (Fsp3) is 0.281. The van der Waals surface area contributed by atoms with E-state index in [1.807, 2.05) is 0 Å². The molecule has 13 heteroatoms. The topological polar surface area (TPSA) is 139 Å². The third-order valence-corrected chi connectivity index (χ3v) is 7.27. The van der Waals surface area contributed by atoms with Crippen LogP contribution in [0.2, 0.25) is 0 Å². The maximum Gasteiger partial charge on any atom is 0.491 e. The van der Waals surface area contributed by atoms with Gasteiger partial charge in [0.1, 0.15) is 6.04 Å². The smallest absolute Gasteiger partial charge is 0.386 e. The number of carbonyl (C=O) groups excluding carboxylic acids is 5. The lowest BCUT2D eigenvalue weighted by Crippen LogP contribution is -2.44. The van der Waals surface area contributed by atoms with Crippen molar-refractivity contribution in [3.63, 3.8) is 0 Å². The van der Waals surface area contributed by atoms with Gasteiger partial charge in [-0.25, -0.2) is 4.79 Å². The van der Waals surface area contributed by atoms with Gasteiger partial charge in [-0.1, -0.05) is 66.7 Å². The number of rotatable bonds is 10. The van der Waals surface area contributed by atoms with E-state index in [1.54, 1.807) is 78.9 Å². The Balaban J connectivity index is 1.83. The van der Waals surface area contributed by atoms with Crippen LogP contribution in [0.5, 0.6) is 0 Å². The molecule has 0 saturated heterocycles. The van der Waals surface area contributed by atoms with Crippen LogP contribution in [0.3, 0.4) is 0 Å². The minimum absolute atomic E-state index is 0.0739. The Kier molecular flexibility index (Phi) is 10.3. The Morgan fingerprint density at radius 3 is 2.24 bits per heavy atom. The highest BCUT2D eigenvalue weighted by Crippen LogP contribution is 2.41. The molecule has 10 nitrogen and oxygen atoms in total. The van der Waals surface area contributed by atoms with Crippen molar-refractivity contribution >= 4 is 35.3 Å². The zero-order valence-electron chi connectivity index (χ0n) is 24.3. The molecule has 0 fully saturated rings. The molecule has 0 aromatic heterocycles. The van der Waals surface area contributed by atoms with E-state index in [0.717, 1.165) is 4.90 Å². The summed E-state index contributed by atoms with van der Waals surface area (Å²) in [6.07, 6.45) is -5.93. The fourth-order valence-corrected chi connectivity index (χ4v) is 5.11. The molecule has 3 aromatic carbocycles. The van der Waals surface area contributed by atoms with Gasteiger partial charge in [-0.05, 0) is 35.2 Å². The van der Waals surface area contributed by atoms with Gasteiger partial charge < -0.3 is 25.6 Å². The standard InChI is InChI=1S/C32H31F3N4O6/c1-38-24-14-12-20(13-15-26(40)37-17-16-36)18-23(24)29(42)39(28(30(38)43)22-10-6-3-7-11-22)25(21-8-4-2-5-9-21)19-27(41)45-31(44)32(33,34)35/h2-12,14,18,25,28H,13,15-17,19,36H2,1H3,(H,37,40). The summed E-state index contributed by atoms with van der Waals surface area (Å²) in [5, 5.41) is 2.67. The Labute approximate surface area is 256 Å². The Hall–Kier alpha value is -5.04. The molecule has 4 rings (SSSR count). The molecule has 3 aromatic rings. The fourth-order valence-electron chi connectivity index (χ4n) is 5.11. The minimum Gasteiger partial charge on any atom is -0.386 e. The number of hydrogen-bond acceptors (Lipinski definition) is 7. The first-order valence-electron chi connectivity index (χ1n) is 14.0. The number of esters is 2. The summed E-state index contributed by atoms with van der Waals surface area (Å²) >= 11 is 0. The average Bonchev–Trinajstić information content (AvgIpc) is 3.10. The van der Waals surface area contributed by atoms with Crippen molar-refractivity contribution in [1.29, 1.82) is 0 Å². The molecule has 0 bridgehead atoms. The molecular weight excluding hydrogens is 593 g/mol. The number of hydrogen-bond donors (Lipinski definition) is 2. The van der Waals surface area contributed by atoms with Crippen LogP contribution in [-0.4, -0.2) is 60.9 Å². The lowest BCUT2D eigenvalue weighted by atomic mass is 9.95. The van der Waals surface area contributed by atoms with Crippen molar-refractivity contribution in [3.05, 3.63) is 101 Å². The van der Waals surface area contributed by atoms with E-state index in [-0.39, 0.29) is 36.5 Å². The second-order valence-corrected chi connectivity index (χ2v) is 10.3. The highest BCUT2D eigenvalue weighted by atomic mass is 19.4. The number of ether oxygens (including phenoxy) is 1. The van der Waals surface area contributed by atoms with Crippen LogP contribution in [-0.2, 0) is 30.3 Å². The number of carbonyl (C=O) groups is 5. The lowest BCUT2D eigenvalue weighted by Gasteiger charge is -2.36. The summed E-state index contributed by atoms with van der Waals surface area (Å²) < 4.78 is 42.9. The Morgan fingerprint density at radius 1 is 0.978 bits per heavy atom. The van der Waals surface area contributed by atoms with Gasteiger partial charge in [-0.3, -0.25) is 19.2 Å². The number of likely N-dealkylation sites (N-methyl/N-ethyl adjacent to an activating group) is 1. The Bertz CT molecular complexity index is 1570. The molecule has 45 heavy (non-hydrogen) atoms. The second kappa shape index (κ2) is 14.2. The quantitative estimate of drug-likeness (QED) is 0.260. The summed E-state index contributed by atoms with van der Waals surface area (Å²) in [5.74, 6) is -5.72. The third kappa shape index (κ3) is 7.73. The van der Waals surface area contributed by atoms with Crippen LogP contribution in [0.25, 0.3) is 0 Å². The Morgan fingerprint density at radius 2 is 1.62 bits per heavy atom. The molecule has 2 atom stereocenters. The number of anilines is 1. The summed E-state index contributed by atoms with van der Waals surface area (Å²) in [4.78, 5) is 67.7. The summed E-state index contributed by atoms with van der Waals surface area (Å²) in [6.45, 7) is 0.584. The average molecular weight is 625 g/mol. The lowest BCUT2D eigenvalue weighted by molar-refractivity contribution is -0.202. The molecule has 0 radical (unpaired) electrons. The van der Waals surface area contributed by atoms with E-state index in [0.29, 0.717) is 23.2 Å². The SMILES string of the molecule is CN1C(=O)C(c2ccccc2)N(C(CC(=O)OC(=O)C(F)(F)F)c2ccccc2)C(=O)c2cc(CCC(=O)NCCN)ccc21. The number of nitrogens with two attached hydrogens (primary N) is 1. The van der Waals surface area contributed by atoms with Crippen LogP contribution in [0.15, 0.2) is 78.9 Å². The molecule has 3 N–H and O–H groups in total. The number of amides is 3. The van der Waals surface area contributed by atoms with E-state index in [9.17, 15) is 37.1 Å². The van der Waals surface area contributed by atoms with Crippen molar-refractivity contribution in [2.75, 3.05) is 25.0 Å². The van der Waals surface area contributed by atoms with Crippen molar-refractivity contribution in [2.45, 2.75) is 37.5 Å². The maximum absolute atomic E-state index is 14.6. The van der Waals surface area contributed by atoms with E-state index < -0.39 is 48.4 Å². The first-order chi connectivity index (χ1) is 21.4. The molecular formula is C32H31F3N4O6. The van der Waals surface area contributed by atoms with Crippen LogP contribution < -0.4 is 16.0 Å². The monoisotopic (exact) mass is 624 g/mol. The van der Waals surface area contributed by atoms with Gasteiger partial charge in [-0.15, -0.1) is 0 Å². The summed E-state index contributed by atoms with van der Waals surface area (Å²) in [5.41, 5.74) is 7.07. The second-order valence-electron chi connectivity index (χ2n) is 10.3. The van der Waals surface area contributed by atoms with Gasteiger partial charge >= 0.3 is 18.1 Å². The molecule has 236 valence electrons. The summed E-state index contributed by atoms with van der Waals surface area (Å²) in [7, 11) is 1.49. The van der Waals surface area contributed by atoms with E-state index >= 15 is 0 Å². The largest absolute Gasteiger partial charge is 0.491 e. The molecule has 0 aliphatic carbocycles. The van der Waals surface area contributed by atoms with Crippen LogP contribution >= 0.6 is 0 Å². The van der Waals surface area contributed by atoms with Crippen molar-refractivity contribution < 1.29 is 41.9 Å². The molecule has 3 amide bonds. The van der Waals surface area contributed by atoms with Crippen LogP contribution in [0.4, 0.5) is 18.9 Å². The zero-order chi connectivity index (χ0) is 32.7. The van der Waals surface area contributed by atoms with Gasteiger partial charge in [0.05, 0.1) is 23.7 Å². The van der Waals surface area contributed by atoms with Crippen molar-refractivity contribution in [2.24, 2.45) is 5.73 Å². The molecule has 0 spiro atoms. The van der Waals surface area contributed by atoms with Gasteiger partial charge in [0.2, 0.25) is 5.91 Å². The highest BCUT2D eigenvalue weighted by molar-refractivity contribution is 6.11. The molecule has 1 aliphatic heterocycles. The molecule has 1 heterocycles. The zero-order valence-corrected chi connectivity index (χ0v) is 24.3. The van der Waals surface area contributed by atoms with Gasteiger partial charge in [0, 0.05) is 26.6 Å². The van der Waals surface area contributed by atoms with Gasteiger partial charge in [0.25, 0.3) is 11.8 Å².